The number of nitrogens with zero attached hydrogens (tertiary/aromatic N) is 2. The number of nitrogens with one attached hydrogen (secondary N) is 1. The van der Waals surface area contributed by atoms with Crippen molar-refractivity contribution in [3.05, 3.63) is 64.1 Å². The smallest absolute Gasteiger partial charge is 0.405 e. The van der Waals surface area contributed by atoms with Gasteiger partial charge in [0.25, 0.3) is 0 Å². The molecule has 45 heavy (non-hydrogen) atoms. The van der Waals surface area contributed by atoms with E-state index in [9.17, 15) is 23.1 Å². The Labute approximate surface area is 266 Å². The molecule has 0 fully saturated rings. The summed E-state index contributed by atoms with van der Waals surface area (Å²) in [4.78, 5) is 28.9. The molecule has 13 nitrogen and oxygen atoms in total. The van der Waals surface area contributed by atoms with Crippen LogP contribution in [0.4, 0.5) is 4.79 Å². The summed E-state index contributed by atoms with van der Waals surface area (Å²) < 4.78 is 56.2. The van der Waals surface area contributed by atoms with Gasteiger partial charge >= 0.3 is 12.1 Å². The van der Waals surface area contributed by atoms with E-state index in [1.165, 1.54) is 41.0 Å². The lowest BCUT2D eigenvalue weighted by atomic mass is 10.0. The molecule has 0 saturated carbocycles. The van der Waals surface area contributed by atoms with Crippen molar-refractivity contribution in [2.75, 3.05) is 33.6 Å². The molecule has 0 spiro atoms. The zero-order valence-corrected chi connectivity index (χ0v) is 27.1. The van der Waals surface area contributed by atoms with Crippen molar-refractivity contribution in [3.63, 3.8) is 0 Å². The highest BCUT2D eigenvalue weighted by molar-refractivity contribution is 7.89. The van der Waals surface area contributed by atoms with Crippen molar-refractivity contribution >= 4 is 33.4 Å². The molecule has 2 atom stereocenters. The van der Waals surface area contributed by atoms with Gasteiger partial charge in [-0.15, -0.1) is 11.3 Å². The summed E-state index contributed by atoms with van der Waals surface area (Å²) in [6.07, 6.45) is -2.49. The summed E-state index contributed by atoms with van der Waals surface area (Å²) in [7, 11) is -2.83. The molecule has 1 aliphatic heterocycles. The molecule has 2 aromatic carbocycles. The van der Waals surface area contributed by atoms with Gasteiger partial charge in [-0.2, -0.15) is 4.31 Å². The second-order valence-corrected chi connectivity index (χ2v) is 13.7. The molecule has 1 amide bonds. The maximum absolute atomic E-state index is 13.9. The zero-order valence-electron chi connectivity index (χ0n) is 25.4. The van der Waals surface area contributed by atoms with Gasteiger partial charge in [0.15, 0.2) is 11.5 Å². The third kappa shape index (κ3) is 9.53. The molecule has 0 bridgehead atoms. The molecule has 1 aromatic heterocycles. The van der Waals surface area contributed by atoms with Gasteiger partial charge in [-0.3, -0.25) is 0 Å². The molecule has 0 radical (unpaired) electrons. The van der Waals surface area contributed by atoms with Crippen LogP contribution < -0.4 is 19.5 Å². The fourth-order valence-electron chi connectivity index (χ4n) is 4.67. The lowest BCUT2D eigenvalue weighted by Crippen LogP contribution is -2.52. The number of sulfonamides is 1. The van der Waals surface area contributed by atoms with Crippen LogP contribution in [-0.2, 0) is 37.3 Å². The zero-order chi connectivity index (χ0) is 32.6. The lowest BCUT2D eigenvalue weighted by molar-refractivity contribution is -0.155. The number of fused-ring (bicyclic) bond motifs is 1. The number of rotatable bonds is 16. The second-order valence-electron chi connectivity index (χ2n) is 10.7. The number of amides is 1. The molecular formula is C30H37N3O10S2. The Balaban J connectivity index is 1.59. The average molecular weight is 664 g/mol. The predicted molar refractivity (Wildman–Crippen MR) is 164 cm³/mol. The lowest BCUT2D eigenvalue weighted by Gasteiger charge is -2.32. The standard InChI is InChI=1S/C30H37N3O10S2/c1-19(2)13-33(45(37,38)24-9-10-26-27(12-24)42-18-41-26)14-28(43-29(34)16-39-4)25(32-30(35)36)11-21-5-7-23(8-6-21)40-15-22-17-44-20(3)31-22/h5-10,12,17,19,25,28,32H,11,13-16,18H2,1-4H3,(H,35,36)/t25-,28?/m0/s1. The number of thiazole rings is 1. The van der Waals surface area contributed by atoms with Gasteiger partial charge in [-0.25, -0.2) is 23.0 Å². The molecule has 3 aromatic rings. The first-order chi connectivity index (χ1) is 21.4. The number of esters is 1. The molecule has 244 valence electrons. The van der Waals surface area contributed by atoms with E-state index < -0.39 is 40.8 Å². The molecule has 0 aliphatic carbocycles. The Hall–Kier alpha value is -3.92. The van der Waals surface area contributed by atoms with E-state index in [2.05, 4.69) is 10.3 Å². The van der Waals surface area contributed by atoms with Crippen LogP contribution in [0.15, 0.2) is 52.7 Å². The maximum atomic E-state index is 13.9. The Morgan fingerprint density at radius 3 is 2.49 bits per heavy atom. The summed E-state index contributed by atoms with van der Waals surface area (Å²) in [5, 5.41) is 15.0. The Morgan fingerprint density at radius 1 is 1.11 bits per heavy atom. The number of benzene rings is 2. The van der Waals surface area contributed by atoms with Crippen LogP contribution >= 0.6 is 11.3 Å². The van der Waals surface area contributed by atoms with Crippen LogP contribution in [0, 0.1) is 12.8 Å². The van der Waals surface area contributed by atoms with E-state index >= 15 is 0 Å². The number of carbonyl (C=O) groups excluding carboxylic acids is 1. The second kappa shape index (κ2) is 15.4. The molecule has 2 heterocycles. The number of methoxy groups -OCH3 is 1. The molecule has 1 aliphatic rings. The summed E-state index contributed by atoms with van der Waals surface area (Å²) >= 11 is 1.53. The Kier molecular flexibility index (Phi) is 11.6. The topological polar surface area (TPSA) is 163 Å². The van der Waals surface area contributed by atoms with Crippen molar-refractivity contribution in [2.24, 2.45) is 5.92 Å². The van der Waals surface area contributed by atoms with Gasteiger partial charge in [-0.05, 0) is 49.1 Å². The van der Waals surface area contributed by atoms with Crippen molar-refractivity contribution < 1.29 is 46.8 Å². The number of aromatic nitrogens is 1. The largest absolute Gasteiger partial charge is 0.487 e. The van der Waals surface area contributed by atoms with Crippen LogP contribution in [0.5, 0.6) is 17.2 Å². The van der Waals surface area contributed by atoms with E-state index in [1.807, 2.05) is 26.2 Å². The number of ether oxygens (including phenoxy) is 5. The Morgan fingerprint density at radius 2 is 1.84 bits per heavy atom. The van der Waals surface area contributed by atoms with E-state index in [0.29, 0.717) is 29.4 Å². The number of hydrogen-bond acceptors (Lipinski definition) is 11. The number of carbonyl (C=O) groups is 2. The molecular weight excluding hydrogens is 626 g/mol. The predicted octanol–water partition coefficient (Wildman–Crippen LogP) is 3.84. The molecule has 0 saturated heterocycles. The van der Waals surface area contributed by atoms with Crippen molar-refractivity contribution in [1.29, 1.82) is 0 Å². The number of carboxylic acid groups (broad SMARTS) is 1. The minimum atomic E-state index is -4.15. The van der Waals surface area contributed by atoms with Gasteiger partial charge in [0, 0.05) is 25.1 Å². The van der Waals surface area contributed by atoms with E-state index in [1.54, 1.807) is 24.3 Å². The summed E-state index contributed by atoms with van der Waals surface area (Å²) in [5.41, 5.74) is 1.52. The monoisotopic (exact) mass is 663 g/mol. The fraction of sp³-hybridized carbons (Fsp3) is 0.433. The van der Waals surface area contributed by atoms with Gasteiger partial charge in [-0.1, -0.05) is 26.0 Å². The number of aryl methyl sites for hydroxylation is 1. The summed E-state index contributed by atoms with van der Waals surface area (Å²) in [6, 6.07) is 10.3. The van der Waals surface area contributed by atoms with Crippen molar-refractivity contribution in [1.82, 2.24) is 14.6 Å². The highest BCUT2D eigenvalue weighted by Gasteiger charge is 2.35. The number of hydrogen-bond donors (Lipinski definition) is 2. The van der Waals surface area contributed by atoms with Gasteiger partial charge in [0.05, 0.1) is 28.2 Å². The third-order valence-corrected chi connectivity index (χ3v) is 9.32. The molecule has 4 rings (SSSR count). The molecule has 2 N–H and O–H groups in total. The van der Waals surface area contributed by atoms with Crippen LogP contribution in [0.1, 0.15) is 30.1 Å². The quantitative estimate of drug-likeness (QED) is 0.214. The Bertz CT molecular complexity index is 1560. The first-order valence-corrected chi connectivity index (χ1v) is 16.5. The average Bonchev–Trinajstić information content (AvgIpc) is 3.63. The fourth-order valence-corrected chi connectivity index (χ4v) is 6.90. The van der Waals surface area contributed by atoms with E-state index in [0.717, 1.165) is 10.7 Å². The minimum Gasteiger partial charge on any atom is -0.487 e. The highest BCUT2D eigenvalue weighted by atomic mass is 32.2. The molecule has 1 unspecified atom stereocenters. The van der Waals surface area contributed by atoms with Crippen LogP contribution in [-0.4, -0.2) is 80.6 Å². The van der Waals surface area contributed by atoms with Crippen molar-refractivity contribution in [3.8, 4) is 17.2 Å². The van der Waals surface area contributed by atoms with Crippen LogP contribution in [0.3, 0.4) is 0 Å². The third-order valence-electron chi connectivity index (χ3n) is 6.67. The van der Waals surface area contributed by atoms with Crippen LogP contribution in [0.2, 0.25) is 0 Å². The summed E-state index contributed by atoms with van der Waals surface area (Å²) in [5.74, 6) is 0.425. The minimum absolute atomic E-state index is 0.0206. The van der Waals surface area contributed by atoms with Gasteiger partial charge < -0.3 is 34.1 Å². The van der Waals surface area contributed by atoms with E-state index in [4.69, 9.17) is 23.7 Å². The highest BCUT2D eigenvalue weighted by Crippen LogP contribution is 2.35. The van der Waals surface area contributed by atoms with Gasteiger partial charge in [0.2, 0.25) is 16.8 Å². The van der Waals surface area contributed by atoms with E-state index in [-0.39, 0.29) is 37.1 Å². The first kappa shape index (κ1) is 34.0. The van der Waals surface area contributed by atoms with Crippen LogP contribution in [0.25, 0.3) is 0 Å². The maximum Gasteiger partial charge on any atom is 0.405 e. The van der Waals surface area contributed by atoms with Crippen molar-refractivity contribution in [2.45, 2.75) is 50.8 Å². The first-order valence-electron chi connectivity index (χ1n) is 14.1. The molecule has 15 heteroatoms. The normalized spacial score (nSPS) is 13.9. The van der Waals surface area contributed by atoms with Gasteiger partial charge in [0.1, 0.15) is 25.1 Å². The SMILES string of the molecule is COCC(=O)OC(CN(CC(C)C)S(=O)(=O)c1ccc2c(c1)OCO2)[C@H](Cc1ccc(OCc2csc(C)n2)cc1)NC(=O)O. The summed E-state index contributed by atoms with van der Waals surface area (Å²) in [6.45, 7) is 5.23.